The fourth-order valence-corrected chi connectivity index (χ4v) is 1.42. The summed E-state index contributed by atoms with van der Waals surface area (Å²) >= 11 is 0. The molecule has 0 spiro atoms. The third kappa shape index (κ3) is 4.62. The van der Waals surface area contributed by atoms with E-state index < -0.39 is 5.54 Å². The van der Waals surface area contributed by atoms with Crippen LogP contribution in [0.1, 0.15) is 34.1 Å². The molecule has 0 aliphatic carbocycles. The van der Waals surface area contributed by atoms with Gasteiger partial charge in [0.1, 0.15) is 0 Å². The van der Waals surface area contributed by atoms with Gasteiger partial charge in [0.15, 0.2) is 0 Å². The molecule has 0 aromatic heterocycles. The van der Waals surface area contributed by atoms with Crippen molar-refractivity contribution >= 4 is 5.91 Å². The van der Waals surface area contributed by atoms with E-state index in [1.807, 2.05) is 13.8 Å². The zero-order chi connectivity index (χ0) is 11.9. The molecule has 0 saturated heterocycles. The first-order valence-corrected chi connectivity index (χ1v) is 5.77. The molecule has 1 unspecified atom stereocenters. The monoisotopic (exact) mass is 215 g/mol. The van der Waals surface area contributed by atoms with Gasteiger partial charge in [0, 0.05) is 13.1 Å². The van der Waals surface area contributed by atoms with Gasteiger partial charge in [-0.15, -0.1) is 0 Å². The molecule has 0 aromatic carbocycles. The van der Waals surface area contributed by atoms with Crippen molar-refractivity contribution in [2.45, 2.75) is 39.7 Å². The van der Waals surface area contributed by atoms with E-state index in [-0.39, 0.29) is 5.91 Å². The first kappa shape index (κ1) is 14.4. The maximum Gasteiger partial charge on any atom is 0.237 e. The molecule has 0 bridgehead atoms. The van der Waals surface area contributed by atoms with Crippen LogP contribution in [0.3, 0.4) is 0 Å². The largest absolute Gasteiger partial charge is 0.368 e. The normalized spacial score (nSPS) is 15.3. The number of hydrogen-bond acceptors (Lipinski definition) is 3. The number of primary amides is 1. The summed E-state index contributed by atoms with van der Waals surface area (Å²) in [5.74, 6) is -0.274. The first-order chi connectivity index (χ1) is 7.00. The highest BCUT2D eigenvalue weighted by Gasteiger charge is 2.27. The van der Waals surface area contributed by atoms with Crippen molar-refractivity contribution in [1.29, 1.82) is 0 Å². The van der Waals surface area contributed by atoms with Crippen LogP contribution in [0, 0.1) is 0 Å². The lowest BCUT2D eigenvalue weighted by Gasteiger charge is -2.27. The Bertz CT molecular complexity index is 192. The van der Waals surface area contributed by atoms with Crippen LogP contribution in [0.5, 0.6) is 0 Å². The Kier molecular flexibility index (Phi) is 6.52. The van der Waals surface area contributed by atoms with E-state index in [9.17, 15) is 4.79 Å². The SMILES string of the molecule is CCN(CC)CCNC(C)(CC)C(N)=O. The Morgan fingerprint density at radius 2 is 1.87 bits per heavy atom. The third-order valence-corrected chi connectivity index (χ3v) is 3.09. The number of amides is 1. The van der Waals surface area contributed by atoms with Gasteiger partial charge in [-0.3, -0.25) is 4.79 Å². The number of nitrogens with two attached hydrogens (primary N) is 1. The van der Waals surface area contributed by atoms with E-state index in [0.29, 0.717) is 0 Å². The van der Waals surface area contributed by atoms with Crippen molar-refractivity contribution in [2.75, 3.05) is 26.2 Å². The minimum atomic E-state index is -0.562. The van der Waals surface area contributed by atoms with Crippen LogP contribution in [0.25, 0.3) is 0 Å². The van der Waals surface area contributed by atoms with Gasteiger partial charge in [-0.05, 0) is 26.4 Å². The number of hydrogen-bond donors (Lipinski definition) is 2. The van der Waals surface area contributed by atoms with Crippen LogP contribution >= 0.6 is 0 Å². The molecule has 0 aromatic rings. The summed E-state index contributed by atoms with van der Waals surface area (Å²) in [5, 5.41) is 3.23. The van der Waals surface area contributed by atoms with Crippen molar-refractivity contribution < 1.29 is 4.79 Å². The molecule has 0 heterocycles. The van der Waals surface area contributed by atoms with Crippen LogP contribution in [0.4, 0.5) is 0 Å². The molecule has 4 nitrogen and oxygen atoms in total. The summed E-state index contributed by atoms with van der Waals surface area (Å²) in [6.07, 6.45) is 0.723. The predicted octanol–water partition coefficient (Wildman–Crippen LogP) is 0.572. The van der Waals surface area contributed by atoms with Crippen LogP contribution in [0.2, 0.25) is 0 Å². The smallest absolute Gasteiger partial charge is 0.237 e. The van der Waals surface area contributed by atoms with Gasteiger partial charge >= 0.3 is 0 Å². The van der Waals surface area contributed by atoms with Gasteiger partial charge in [0.05, 0.1) is 5.54 Å². The summed E-state index contributed by atoms with van der Waals surface area (Å²) in [6, 6.07) is 0. The molecule has 0 aliphatic heterocycles. The Labute approximate surface area is 93.2 Å². The van der Waals surface area contributed by atoms with Crippen LogP contribution < -0.4 is 11.1 Å². The number of likely N-dealkylation sites (N-methyl/N-ethyl adjacent to an activating group) is 1. The van der Waals surface area contributed by atoms with Crippen LogP contribution in [-0.2, 0) is 4.79 Å². The van der Waals surface area contributed by atoms with Crippen molar-refractivity contribution in [2.24, 2.45) is 5.73 Å². The van der Waals surface area contributed by atoms with E-state index in [4.69, 9.17) is 5.73 Å². The minimum absolute atomic E-state index is 0.274. The highest BCUT2D eigenvalue weighted by molar-refractivity contribution is 5.84. The zero-order valence-electron chi connectivity index (χ0n) is 10.5. The second-order valence-corrected chi connectivity index (χ2v) is 4.00. The highest BCUT2D eigenvalue weighted by Crippen LogP contribution is 2.07. The molecule has 90 valence electrons. The molecular formula is C11H25N3O. The first-order valence-electron chi connectivity index (χ1n) is 5.77. The van der Waals surface area contributed by atoms with Gasteiger partial charge in [0.25, 0.3) is 0 Å². The number of carbonyl (C=O) groups is 1. The van der Waals surface area contributed by atoms with E-state index in [1.54, 1.807) is 0 Å². The molecule has 1 amide bonds. The predicted molar refractivity (Wildman–Crippen MR) is 63.7 cm³/mol. The average molecular weight is 215 g/mol. The molecule has 15 heavy (non-hydrogen) atoms. The minimum Gasteiger partial charge on any atom is -0.368 e. The Hall–Kier alpha value is -0.610. The quantitative estimate of drug-likeness (QED) is 0.622. The molecule has 0 radical (unpaired) electrons. The molecule has 0 fully saturated rings. The number of nitrogens with one attached hydrogen (secondary N) is 1. The average Bonchev–Trinajstić information content (AvgIpc) is 2.23. The van der Waals surface area contributed by atoms with E-state index in [2.05, 4.69) is 24.1 Å². The second-order valence-electron chi connectivity index (χ2n) is 4.00. The summed E-state index contributed by atoms with van der Waals surface area (Å²) in [7, 11) is 0. The Balaban J connectivity index is 3.97. The van der Waals surface area contributed by atoms with E-state index in [1.165, 1.54) is 0 Å². The lowest BCUT2D eigenvalue weighted by Crippen LogP contribution is -2.54. The number of rotatable bonds is 8. The third-order valence-electron chi connectivity index (χ3n) is 3.09. The van der Waals surface area contributed by atoms with Gasteiger partial charge in [-0.25, -0.2) is 0 Å². The van der Waals surface area contributed by atoms with Gasteiger partial charge in [-0.1, -0.05) is 20.8 Å². The molecule has 1 atom stereocenters. The fraction of sp³-hybridized carbons (Fsp3) is 0.909. The lowest BCUT2D eigenvalue weighted by molar-refractivity contribution is -0.123. The van der Waals surface area contributed by atoms with E-state index >= 15 is 0 Å². The number of carbonyl (C=O) groups excluding carboxylic acids is 1. The molecule has 3 N–H and O–H groups in total. The van der Waals surface area contributed by atoms with E-state index in [0.717, 1.165) is 32.6 Å². The molecule has 0 saturated carbocycles. The van der Waals surface area contributed by atoms with Crippen molar-refractivity contribution in [1.82, 2.24) is 10.2 Å². The lowest BCUT2D eigenvalue weighted by atomic mass is 9.98. The highest BCUT2D eigenvalue weighted by atomic mass is 16.1. The molecular weight excluding hydrogens is 190 g/mol. The molecule has 4 heteroatoms. The van der Waals surface area contributed by atoms with Gasteiger partial charge < -0.3 is 16.0 Å². The number of nitrogens with zero attached hydrogens (tertiary/aromatic N) is 1. The zero-order valence-corrected chi connectivity index (χ0v) is 10.5. The van der Waals surface area contributed by atoms with Crippen molar-refractivity contribution in [3.8, 4) is 0 Å². The second kappa shape index (κ2) is 6.80. The van der Waals surface area contributed by atoms with Crippen molar-refractivity contribution in [3.63, 3.8) is 0 Å². The Morgan fingerprint density at radius 3 is 2.20 bits per heavy atom. The van der Waals surface area contributed by atoms with Crippen LogP contribution in [0.15, 0.2) is 0 Å². The summed E-state index contributed by atoms with van der Waals surface area (Å²) < 4.78 is 0. The van der Waals surface area contributed by atoms with Gasteiger partial charge in [0.2, 0.25) is 5.91 Å². The van der Waals surface area contributed by atoms with Gasteiger partial charge in [-0.2, -0.15) is 0 Å². The standard InChI is InChI=1S/C11H25N3O/c1-5-11(4,10(12)15)13-8-9-14(6-2)7-3/h13H,5-9H2,1-4H3,(H2,12,15). The maximum atomic E-state index is 11.2. The maximum absolute atomic E-state index is 11.2. The fourth-order valence-electron chi connectivity index (χ4n) is 1.42. The van der Waals surface area contributed by atoms with Crippen molar-refractivity contribution in [3.05, 3.63) is 0 Å². The summed E-state index contributed by atoms with van der Waals surface area (Å²) in [6.45, 7) is 11.9. The van der Waals surface area contributed by atoms with Crippen LogP contribution in [-0.4, -0.2) is 42.5 Å². The topological polar surface area (TPSA) is 58.4 Å². The molecule has 0 aliphatic rings. The summed E-state index contributed by atoms with van der Waals surface area (Å²) in [5.41, 5.74) is 4.79. The summed E-state index contributed by atoms with van der Waals surface area (Å²) in [4.78, 5) is 13.5. The molecule has 0 rings (SSSR count). The Morgan fingerprint density at radius 1 is 1.33 bits per heavy atom.